The molecule has 1 aliphatic heterocycles. The Kier molecular flexibility index (Phi) is 4.54. The molecule has 1 aromatic carbocycles. The number of anilines is 1. The van der Waals surface area contributed by atoms with Gasteiger partial charge in [-0.1, -0.05) is 0 Å². The molecule has 2 bridgehead atoms. The summed E-state index contributed by atoms with van der Waals surface area (Å²) in [5.41, 5.74) is 0.709. The van der Waals surface area contributed by atoms with E-state index in [1.54, 1.807) is 19.2 Å². The van der Waals surface area contributed by atoms with Crippen molar-refractivity contribution >= 4 is 17.4 Å². The van der Waals surface area contributed by atoms with Gasteiger partial charge in [0, 0.05) is 11.8 Å². The van der Waals surface area contributed by atoms with Gasteiger partial charge in [-0.25, -0.2) is 22.7 Å². The highest BCUT2D eigenvalue weighted by molar-refractivity contribution is 6.00. The topological polar surface area (TPSA) is 80.5 Å². The third-order valence-electron chi connectivity index (χ3n) is 4.46. The van der Waals surface area contributed by atoms with Crippen LogP contribution in [0.2, 0.25) is 0 Å². The third kappa shape index (κ3) is 3.32. The van der Waals surface area contributed by atoms with Crippen LogP contribution < -0.4 is 15.4 Å². The Morgan fingerprint density at radius 1 is 1.29 bits per heavy atom. The summed E-state index contributed by atoms with van der Waals surface area (Å²) in [5, 5.41) is 9.39. The molecule has 0 radical (unpaired) electrons. The normalized spacial score (nSPS) is 19.8. The molecule has 0 fully saturated rings. The van der Waals surface area contributed by atoms with Crippen LogP contribution in [0, 0.1) is 5.82 Å². The summed E-state index contributed by atoms with van der Waals surface area (Å²) in [6.45, 7) is 1.28. The minimum atomic E-state index is -2.86. The first-order valence-electron chi connectivity index (χ1n) is 8.54. The van der Waals surface area contributed by atoms with Crippen LogP contribution in [-0.4, -0.2) is 39.6 Å². The molecule has 2 aromatic heterocycles. The number of halogens is 3. The summed E-state index contributed by atoms with van der Waals surface area (Å²) in [4.78, 5) is 16.9. The van der Waals surface area contributed by atoms with Crippen LogP contribution in [0.4, 0.5) is 19.0 Å². The van der Waals surface area contributed by atoms with E-state index < -0.39 is 36.8 Å². The van der Waals surface area contributed by atoms with Gasteiger partial charge in [-0.15, -0.1) is 0 Å². The standard InChI is InChI=1S/C18H16F3N5O2/c1-9-11-6-10(19)2-3-14(11)28-8-13(16(20)21)24-18(27)12-7-22-26-5-4-15(23-9)25-17(12)26/h2-7,9,13,16H,8H2,1H3,(H,23,25)(H,24,27). The van der Waals surface area contributed by atoms with E-state index in [-0.39, 0.29) is 17.0 Å². The monoisotopic (exact) mass is 391 g/mol. The molecule has 3 aromatic rings. The number of ether oxygens (including phenoxy) is 1. The number of carbonyl (C=O) groups is 1. The van der Waals surface area contributed by atoms with Crippen molar-refractivity contribution < 1.29 is 22.7 Å². The van der Waals surface area contributed by atoms with E-state index in [0.29, 0.717) is 11.4 Å². The summed E-state index contributed by atoms with van der Waals surface area (Å²) in [6, 6.07) is 3.46. The summed E-state index contributed by atoms with van der Waals surface area (Å²) in [6.07, 6.45) is -0.0155. The lowest BCUT2D eigenvalue weighted by atomic mass is 10.1. The molecular weight excluding hydrogens is 375 g/mol. The summed E-state index contributed by atoms with van der Waals surface area (Å²) < 4.78 is 47.6. The molecule has 0 saturated heterocycles. The average Bonchev–Trinajstić information content (AvgIpc) is 3.08. The first-order valence-corrected chi connectivity index (χ1v) is 8.54. The lowest BCUT2D eigenvalue weighted by Crippen LogP contribution is -2.44. The van der Waals surface area contributed by atoms with Crippen molar-refractivity contribution in [3.63, 3.8) is 0 Å². The van der Waals surface area contributed by atoms with Gasteiger partial charge in [0.15, 0.2) is 5.65 Å². The maximum atomic E-state index is 13.8. The summed E-state index contributed by atoms with van der Waals surface area (Å²) in [5.74, 6) is -0.570. The largest absolute Gasteiger partial charge is 0.491 e. The van der Waals surface area contributed by atoms with E-state index in [0.717, 1.165) is 0 Å². The summed E-state index contributed by atoms with van der Waals surface area (Å²) >= 11 is 0. The van der Waals surface area contributed by atoms with Gasteiger partial charge in [-0.05, 0) is 31.2 Å². The van der Waals surface area contributed by atoms with E-state index in [1.807, 2.05) is 0 Å². The molecule has 7 nitrogen and oxygen atoms in total. The number of hydrogen-bond acceptors (Lipinski definition) is 5. The lowest BCUT2D eigenvalue weighted by molar-refractivity contribution is 0.0600. The van der Waals surface area contributed by atoms with Gasteiger partial charge >= 0.3 is 0 Å². The predicted molar refractivity (Wildman–Crippen MR) is 94.2 cm³/mol. The molecule has 1 amide bonds. The summed E-state index contributed by atoms with van der Waals surface area (Å²) in [7, 11) is 0. The average molecular weight is 391 g/mol. The van der Waals surface area contributed by atoms with Crippen molar-refractivity contribution in [3.8, 4) is 5.75 Å². The van der Waals surface area contributed by atoms with Gasteiger partial charge < -0.3 is 15.4 Å². The Balaban J connectivity index is 1.83. The van der Waals surface area contributed by atoms with E-state index in [2.05, 4.69) is 20.7 Å². The second kappa shape index (κ2) is 7.02. The smallest absolute Gasteiger partial charge is 0.261 e. The molecule has 2 N–H and O–H groups in total. The number of amides is 1. The molecule has 3 heterocycles. The maximum Gasteiger partial charge on any atom is 0.261 e. The zero-order valence-electron chi connectivity index (χ0n) is 14.7. The maximum absolute atomic E-state index is 13.8. The van der Waals surface area contributed by atoms with Crippen LogP contribution in [0.3, 0.4) is 0 Å². The van der Waals surface area contributed by atoms with Gasteiger partial charge in [0.25, 0.3) is 12.3 Å². The zero-order valence-corrected chi connectivity index (χ0v) is 14.7. The molecule has 2 unspecified atom stereocenters. The molecule has 0 aliphatic carbocycles. The third-order valence-corrected chi connectivity index (χ3v) is 4.46. The van der Waals surface area contributed by atoms with Gasteiger partial charge in [0.1, 0.15) is 35.6 Å². The van der Waals surface area contributed by atoms with E-state index >= 15 is 0 Å². The fraction of sp³-hybridized carbons (Fsp3) is 0.278. The number of alkyl halides is 2. The Morgan fingerprint density at radius 3 is 2.89 bits per heavy atom. The Labute approximate surface area is 157 Å². The van der Waals surface area contributed by atoms with Crippen LogP contribution >= 0.6 is 0 Å². The number of benzene rings is 1. The van der Waals surface area contributed by atoms with Crippen LogP contribution in [0.1, 0.15) is 28.9 Å². The minimum absolute atomic E-state index is 0.0600. The Morgan fingerprint density at radius 2 is 2.11 bits per heavy atom. The van der Waals surface area contributed by atoms with E-state index in [9.17, 15) is 18.0 Å². The van der Waals surface area contributed by atoms with Gasteiger partial charge in [0.05, 0.1) is 12.2 Å². The number of aromatic nitrogens is 3. The van der Waals surface area contributed by atoms with E-state index in [1.165, 1.54) is 28.9 Å². The number of rotatable bonds is 1. The van der Waals surface area contributed by atoms with Crippen LogP contribution in [0.15, 0.2) is 36.7 Å². The Bertz CT molecular complexity index is 1040. The Hall–Kier alpha value is -3.30. The fourth-order valence-corrected chi connectivity index (χ4v) is 3.00. The van der Waals surface area contributed by atoms with E-state index in [4.69, 9.17) is 4.74 Å². The second-order valence-electron chi connectivity index (χ2n) is 6.41. The molecular formula is C18H16F3N5O2. The number of carbonyl (C=O) groups excluding carboxylic acids is 1. The molecule has 10 heteroatoms. The lowest BCUT2D eigenvalue weighted by Gasteiger charge is -2.21. The predicted octanol–water partition coefficient (Wildman–Crippen LogP) is 2.80. The minimum Gasteiger partial charge on any atom is -0.491 e. The molecule has 0 spiro atoms. The first-order chi connectivity index (χ1) is 13.4. The van der Waals surface area contributed by atoms with Crippen LogP contribution in [0.5, 0.6) is 5.75 Å². The van der Waals surface area contributed by atoms with Gasteiger partial charge in [-0.3, -0.25) is 4.79 Å². The molecule has 28 heavy (non-hydrogen) atoms. The number of nitrogens with zero attached hydrogens (tertiary/aromatic N) is 3. The number of fused-ring (bicyclic) bond motifs is 2. The van der Waals surface area contributed by atoms with Crippen LogP contribution in [0.25, 0.3) is 5.65 Å². The molecule has 2 atom stereocenters. The van der Waals surface area contributed by atoms with Crippen LogP contribution in [-0.2, 0) is 0 Å². The highest BCUT2D eigenvalue weighted by Crippen LogP contribution is 2.29. The quantitative estimate of drug-likeness (QED) is 0.667. The second-order valence-corrected chi connectivity index (χ2v) is 6.41. The highest BCUT2D eigenvalue weighted by Gasteiger charge is 2.27. The van der Waals surface area contributed by atoms with Crippen molar-refractivity contribution in [2.45, 2.75) is 25.4 Å². The van der Waals surface area contributed by atoms with Crippen molar-refractivity contribution in [1.29, 1.82) is 0 Å². The number of hydrogen-bond donors (Lipinski definition) is 2. The SMILES string of the molecule is CC1Nc2ccn3ncc(c3n2)C(=O)NC(C(F)F)COc2ccc(F)cc21. The van der Waals surface area contributed by atoms with Crippen molar-refractivity contribution in [2.24, 2.45) is 0 Å². The van der Waals surface area contributed by atoms with Gasteiger partial charge in [0.2, 0.25) is 0 Å². The van der Waals surface area contributed by atoms with Gasteiger partial charge in [-0.2, -0.15) is 5.10 Å². The van der Waals surface area contributed by atoms with Crippen molar-refractivity contribution in [1.82, 2.24) is 19.9 Å². The van der Waals surface area contributed by atoms with Crippen molar-refractivity contribution in [3.05, 3.63) is 53.6 Å². The molecule has 4 rings (SSSR count). The molecule has 0 saturated carbocycles. The first kappa shape index (κ1) is 18.1. The fourth-order valence-electron chi connectivity index (χ4n) is 3.00. The number of nitrogens with one attached hydrogen (secondary N) is 2. The highest BCUT2D eigenvalue weighted by atomic mass is 19.3. The molecule has 146 valence electrons. The zero-order chi connectivity index (χ0) is 19.8. The van der Waals surface area contributed by atoms with Crippen molar-refractivity contribution in [2.75, 3.05) is 11.9 Å². The molecule has 1 aliphatic rings.